The topological polar surface area (TPSA) is 62.2 Å². The van der Waals surface area contributed by atoms with Gasteiger partial charge in [-0.2, -0.15) is 0 Å². The van der Waals surface area contributed by atoms with Gasteiger partial charge < -0.3 is 19.5 Å². The molecular formula is C25H31ClN2O4S. The van der Waals surface area contributed by atoms with Crippen LogP contribution in [0.15, 0.2) is 61.0 Å². The Morgan fingerprint density at radius 1 is 1.30 bits per heavy atom. The Bertz CT molecular complexity index is 917. The number of ether oxygens (including phenoxy) is 2. The minimum atomic E-state index is -0.702. The van der Waals surface area contributed by atoms with E-state index in [0.717, 1.165) is 12.0 Å². The van der Waals surface area contributed by atoms with E-state index in [1.54, 1.807) is 35.6 Å². The van der Waals surface area contributed by atoms with Gasteiger partial charge in [-0.25, -0.2) is 0 Å². The minimum absolute atomic E-state index is 0.00221. The fraction of sp³-hybridized carbons (Fsp3) is 0.400. The molecule has 2 heterocycles. The van der Waals surface area contributed by atoms with Gasteiger partial charge in [0.25, 0.3) is 0 Å². The molecule has 8 heteroatoms. The quantitative estimate of drug-likeness (QED) is 0.340. The van der Waals surface area contributed by atoms with Crippen LogP contribution >= 0.6 is 22.9 Å². The summed E-state index contributed by atoms with van der Waals surface area (Å²) in [5.41, 5.74) is 1.14. The van der Waals surface area contributed by atoms with Crippen LogP contribution in [0.5, 0.6) is 5.75 Å². The third-order valence-electron chi connectivity index (χ3n) is 5.40. The molecule has 0 aliphatic carbocycles. The molecule has 1 amide bonds. The number of carbonyl (C=O) groups is 1. The summed E-state index contributed by atoms with van der Waals surface area (Å²) < 4.78 is 11.4. The number of benzene rings is 1. The smallest absolute Gasteiger partial charge is 0.237 e. The van der Waals surface area contributed by atoms with Crippen molar-refractivity contribution < 1.29 is 19.4 Å². The molecule has 1 aliphatic rings. The molecule has 2 aromatic rings. The van der Waals surface area contributed by atoms with E-state index in [1.165, 1.54) is 4.88 Å². The van der Waals surface area contributed by atoms with Gasteiger partial charge in [-0.3, -0.25) is 9.69 Å². The molecular weight excluding hydrogens is 460 g/mol. The number of halogens is 1. The van der Waals surface area contributed by atoms with Crippen molar-refractivity contribution in [3.63, 3.8) is 0 Å². The van der Waals surface area contributed by atoms with Crippen LogP contribution in [-0.2, 0) is 16.0 Å². The maximum Gasteiger partial charge on any atom is 0.237 e. The molecule has 1 N–H and O–H groups in total. The summed E-state index contributed by atoms with van der Waals surface area (Å²) in [5, 5.41) is 13.0. The van der Waals surface area contributed by atoms with E-state index in [9.17, 15) is 9.90 Å². The lowest BCUT2D eigenvalue weighted by atomic mass is 10.0. The molecule has 0 bridgehead atoms. The van der Waals surface area contributed by atoms with Crippen LogP contribution in [0.25, 0.3) is 0 Å². The van der Waals surface area contributed by atoms with E-state index in [2.05, 4.69) is 24.6 Å². The molecule has 0 saturated carbocycles. The van der Waals surface area contributed by atoms with Gasteiger partial charge in [0, 0.05) is 29.5 Å². The summed E-state index contributed by atoms with van der Waals surface area (Å²) in [6.45, 7) is 9.94. The zero-order chi connectivity index (χ0) is 23.6. The molecule has 0 saturated heterocycles. The van der Waals surface area contributed by atoms with Crippen LogP contribution in [-0.4, -0.2) is 72.9 Å². The minimum Gasteiger partial charge on any atom is -0.491 e. The second-order valence-electron chi connectivity index (χ2n) is 7.88. The number of aliphatic hydroxyl groups is 1. The van der Waals surface area contributed by atoms with E-state index in [-0.39, 0.29) is 25.1 Å². The van der Waals surface area contributed by atoms with Crippen LogP contribution in [0.1, 0.15) is 16.5 Å². The maximum absolute atomic E-state index is 13.4. The number of thiophene rings is 1. The Hall–Kier alpha value is -2.16. The van der Waals surface area contributed by atoms with Crippen molar-refractivity contribution >= 4 is 28.8 Å². The molecule has 0 fully saturated rings. The number of fused-ring (bicyclic) bond motifs is 1. The fourth-order valence-electron chi connectivity index (χ4n) is 3.89. The average molecular weight is 491 g/mol. The van der Waals surface area contributed by atoms with Gasteiger partial charge in [-0.15, -0.1) is 24.5 Å². The maximum atomic E-state index is 13.4. The highest BCUT2D eigenvalue weighted by Crippen LogP contribution is 2.34. The summed E-state index contributed by atoms with van der Waals surface area (Å²) >= 11 is 7.69. The summed E-state index contributed by atoms with van der Waals surface area (Å²) in [6.07, 6.45) is 3.50. The molecule has 0 unspecified atom stereocenters. The SMILES string of the molecule is C=CCOC[C@@H](O)CN(CC=C)CC(=O)N1CCc2sccc2[C@@H]1COc1ccc(Cl)cc1. The lowest BCUT2D eigenvalue weighted by Crippen LogP contribution is -2.48. The number of rotatable bonds is 13. The van der Waals surface area contributed by atoms with Gasteiger partial charge in [0.05, 0.1) is 31.9 Å². The summed E-state index contributed by atoms with van der Waals surface area (Å²) in [7, 11) is 0. The standard InChI is InChI=1S/C25H31ClN2O4S/c1-3-11-27(15-20(29)17-31-13-4-2)16-25(30)28-12-9-24-22(10-14-33-24)23(28)18-32-21-7-5-19(26)6-8-21/h3-8,10,14,20,23,29H,1-2,9,11-13,15-18H2/t20-,23-/m0/s1. The predicted molar refractivity (Wildman–Crippen MR) is 133 cm³/mol. The number of aliphatic hydroxyl groups excluding tert-OH is 1. The Kier molecular flexibility index (Phi) is 9.96. The van der Waals surface area contributed by atoms with Crippen molar-refractivity contribution in [2.75, 3.05) is 46.0 Å². The van der Waals surface area contributed by atoms with Gasteiger partial charge in [-0.05, 0) is 47.7 Å². The van der Waals surface area contributed by atoms with Crippen LogP contribution in [0.2, 0.25) is 5.02 Å². The molecule has 1 aromatic carbocycles. The van der Waals surface area contributed by atoms with E-state index in [1.807, 2.05) is 21.9 Å². The number of carbonyl (C=O) groups excluding carboxylic acids is 1. The summed E-state index contributed by atoms with van der Waals surface area (Å²) in [4.78, 5) is 18.4. The van der Waals surface area contributed by atoms with Crippen LogP contribution in [0.3, 0.4) is 0 Å². The third kappa shape index (κ3) is 7.42. The number of amides is 1. The van der Waals surface area contributed by atoms with Gasteiger partial charge >= 0.3 is 0 Å². The molecule has 2 atom stereocenters. The zero-order valence-corrected chi connectivity index (χ0v) is 20.3. The summed E-state index contributed by atoms with van der Waals surface area (Å²) in [5.74, 6) is 0.711. The zero-order valence-electron chi connectivity index (χ0n) is 18.7. The van der Waals surface area contributed by atoms with Crippen molar-refractivity contribution in [1.82, 2.24) is 9.80 Å². The van der Waals surface area contributed by atoms with Crippen LogP contribution in [0.4, 0.5) is 0 Å². The number of nitrogens with zero attached hydrogens (tertiary/aromatic N) is 2. The first-order chi connectivity index (χ1) is 16.0. The van der Waals surface area contributed by atoms with E-state index >= 15 is 0 Å². The average Bonchev–Trinajstić information content (AvgIpc) is 3.28. The highest BCUT2D eigenvalue weighted by atomic mass is 35.5. The molecule has 0 spiro atoms. The largest absolute Gasteiger partial charge is 0.491 e. The predicted octanol–water partition coefficient (Wildman–Crippen LogP) is 3.96. The fourth-order valence-corrected chi connectivity index (χ4v) is 4.94. The first-order valence-corrected chi connectivity index (χ1v) is 12.2. The molecule has 0 radical (unpaired) electrons. The Morgan fingerprint density at radius 2 is 2.09 bits per heavy atom. The van der Waals surface area contributed by atoms with Crippen molar-refractivity contribution in [3.05, 3.63) is 76.5 Å². The van der Waals surface area contributed by atoms with E-state index in [4.69, 9.17) is 21.1 Å². The third-order valence-corrected chi connectivity index (χ3v) is 6.65. The summed E-state index contributed by atoms with van der Waals surface area (Å²) in [6, 6.07) is 9.13. The molecule has 6 nitrogen and oxygen atoms in total. The van der Waals surface area contributed by atoms with Crippen molar-refractivity contribution in [1.29, 1.82) is 0 Å². The lowest BCUT2D eigenvalue weighted by molar-refractivity contribution is -0.136. The number of hydrogen-bond acceptors (Lipinski definition) is 6. The molecule has 33 heavy (non-hydrogen) atoms. The Labute approximate surface area is 204 Å². The first kappa shape index (κ1) is 25.5. The second kappa shape index (κ2) is 12.9. The molecule has 1 aliphatic heterocycles. The Morgan fingerprint density at radius 3 is 2.82 bits per heavy atom. The van der Waals surface area contributed by atoms with Crippen LogP contribution in [0, 0.1) is 0 Å². The molecule has 3 rings (SSSR count). The van der Waals surface area contributed by atoms with E-state index < -0.39 is 6.10 Å². The van der Waals surface area contributed by atoms with Crippen molar-refractivity contribution in [2.24, 2.45) is 0 Å². The highest BCUT2D eigenvalue weighted by molar-refractivity contribution is 7.10. The van der Waals surface area contributed by atoms with Crippen LogP contribution < -0.4 is 4.74 Å². The van der Waals surface area contributed by atoms with Crippen molar-refractivity contribution in [2.45, 2.75) is 18.6 Å². The Balaban J connectivity index is 1.67. The highest BCUT2D eigenvalue weighted by Gasteiger charge is 2.33. The van der Waals surface area contributed by atoms with Gasteiger partial charge in [0.15, 0.2) is 0 Å². The molecule has 178 valence electrons. The first-order valence-electron chi connectivity index (χ1n) is 11.0. The van der Waals surface area contributed by atoms with Gasteiger partial charge in [0.2, 0.25) is 5.91 Å². The van der Waals surface area contributed by atoms with Gasteiger partial charge in [0.1, 0.15) is 12.4 Å². The monoisotopic (exact) mass is 490 g/mol. The van der Waals surface area contributed by atoms with E-state index in [0.29, 0.717) is 43.6 Å². The van der Waals surface area contributed by atoms with Crippen molar-refractivity contribution in [3.8, 4) is 5.75 Å². The van der Waals surface area contributed by atoms with Gasteiger partial charge in [-0.1, -0.05) is 23.8 Å². The number of hydrogen-bond donors (Lipinski definition) is 1. The molecule has 1 aromatic heterocycles. The normalized spacial score (nSPS) is 16.3. The second-order valence-corrected chi connectivity index (χ2v) is 9.32. The lowest BCUT2D eigenvalue weighted by Gasteiger charge is -2.37.